The highest BCUT2D eigenvalue weighted by Crippen LogP contribution is 2.28. The summed E-state index contributed by atoms with van der Waals surface area (Å²) in [6.45, 7) is 3.28. The van der Waals surface area contributed by atoms with E-state index in [0.29, 0.717) is 0 Å². The van der Waals surface area contributed by atoms with Crippen LogP contribution in [0.25, 0.3) is 10.4 Å². The quantitative estimate of drug-likeness (QED) is 0.236. The molecule has 1 fully saturated rings. The summed E-state index contributed by atoms with van der Waals surface area (Å²) in [5.41, 5.74) is 8.34. The lowest BCUT2D eigenvalue weighted by Crippen LogP contribution is -2.41. The predicted molar refractivity (Wildman–Crippen MR) is 65.5 cm³/mol. The van der Waals surface area contributed by atoms with Gasteiger partial charge in [-0.05, 0) is 5.53 Å². The van der Waals surface area contributed by atoms with Gasteiger partial charge in [-0.25, -0.2) is 0 Å². The Kier molecular flexibility index (Phi) is 5.94. The Labute approximate surface area is 119 Å². The van der Waals surface area contributed by atoms with Crippen molar-refractivity contribution in [2.75, 3.05) is 6.54 Å². The summed E-state index contributed by atoms with van der Waals surface area (Å²) < 4.78 is 20.2. The van der Waals surface area contributed by atoms with Gasteiger partial charge in [-0.15, -0.1) is 0 Å². The van der Waals surface area contributed by atoms with Crippen LogP contribution in [-0.2, 0) is 33.3 Å². The minimum Gasteiger partial charge on any atom is -0.456 e. The highest BCUT2D eigenvalue weighted by atomic mass is 16.7. The van der Waals surface area contributed by atoms with Crippen LogP contribution in [-0.4, -0.2) is 49.1 Å². The molecular weight excluding hydrogens is 286 g/mol. The van der Waals surface area contributed by atoms with E-state index in [-0.39, 0.29) is 6.54 Å². The normalized spacial score (nSPS) is 27.4. The van der Waals surface area contributed by atoms with E-state index in [4.69, 9.17) is 24.5 Å². The predicted octanol–water partition coefficient (Wildman–Crippen LogP) is 0.448. The number of esters is 3. The van der Waals surface area contributed by atoms with Gasteiger partial charge in [-0.2, -0.15) is 0 Å². The minimum atomic E-state index is -1.24. The van der Waals surface area contributed by atoms with Crippen molar-refractivity contribution < 1.29 is 33.3 Å². The third-order valence-corrected chi connectivity index (χ3v) is 2.48. The molecule has 1 unspecified atom stereocenters. The van der Waals surface area contributed by atoms with Crippen molar-refractivity contribution in [2.45, 2.75) is 45.4 Å². The summed E-state index contributed by atoms with van der Waals surface area (Å²) in [6, 6.07) is 0. The zero-order valence-corrected chi connectivity index (χ0v) is 11.7. The lowest BCUT2D eigenvalue weighted by molar-refractivity contribution is -0.195. The first-order valence-corrected chi connectivity index (χ1v) is 6.03. The van der Waals surface area contributed by atoms with Crippen LogP contribution in [0, 0.1) is 0 Å². The van der Waals surface area contributed by atoms with Crippen LogP contribution < -0.4 is 0 Å². The van der Waals surface area contributed by atoms with Crippen LogP contribution in [0.2, 0.25) is 0 Å². The monoisotopic (exact) mass is 301 g/mol. The third-order valence-electron chi connectivity index (χ3n) is 2.48. The Balaban J connectivity index is 2.98. The lowest BCUT2D eigenvalue weighted by atomic mass is 10.1. The molecule has 1 aliphatic heterocycles. The van der Waals surface area contributed by atoms with Crippen molar-refractivity contribution in [2.24, 2.45) is 5.11 Å². The summed E-state index contributed by atoms with van der Waals surface area (Å²) in [5, 5.41) is 3.32. The molecule has 0 aliphatic carbocycles. The topological polar surface area (TPSA) is 137 Å². The number of carbonyl (C=O) groups is 3. The van der Waals surface area contributed by atoms with E-state index in [1.165, 1.54) is 0 Å². The summed E-state index contributed by atoms with van der Waals surface area (Å²) in [7, 11) is 0. The van der Waals surface area contributed by atoms with Gasteiger partial charge in [0.15, 0.2) is 6.10 Å². The molecule has 1 rings (SSSR count). The van der Waals surface area contributed by atoms with Gasteiger partial charge in [0.2, 0.25) is 12.4 Å². The molecule has 4 atom stereocenters. The molecule has 1 aliphatic rings. The maximum absolute atomic E-state index is 11.1. The molecule has 21 heavy (non-hydrogen) atoms. The number of carbonyl (C=O) groups excluding carboxylic acids is 3. The van der Waals surface area contributed by atoms with Crippen molar-refractivity contribution in [1.82, 2.24) is 0 Å². The van der Waals surface area contributed by atoms with Crippen molar-refractivity contribution in [1.29, 1.82) is 0 Å². The van der Waals surface area contributed by atoms with Gasteiger partial charge in [0.25, 0.3) is 0 Å². The molecule has 1 saturated heterocycles. The molecular formula is C11H15N3O7. The van der Waals surface area contributed by atoms with E-state index < -0.39 is 42.5 Å². The summed E-state index contributed by atoms with van der Waals surface area (Å²) in [6.07, 6.45) is -4.30. The Morgan fingerprint density at radius 1 is 1.05 bits per heavy atom. The summed E-state index contributed by atoms with van der Waals surface area (Å²) >= 11 is 0. The highest BCUT2D eigenvalue weighted by molar-refractivity contribution is 5.68. The second-order valence-electron chi connectivity index (χ2n) is 4.21. The molecule has 0 bridgehead atoms. The molecule has 0 spiro atoms. The molecule has 10 heteroatoms. The molecule has 1 heterocycles. The van der Waals surface area contributed by atoms with Crippen LogP contribution in [0.3, 0.4) is 0 Å². The maximum atomic E-state index is 11.1. The third kappa shape index (κ3) is 4.93. The highest BCUT2D eigenvalue weighted by Gasteiger charge is 2.50. The lowest BCUT2D eigenvalue weighted by Gasteiger charge is -2.22. The first-order valence-electron chi connectivity index (χ1n) is 6.03. The second kappa shape index (κ2) is 7.46. The number of hydrogen-bond donors (Lipinski definition) is 0. The molecule has 0 aromatic heterocycles. The molecule has 0 saturated carbocycles. The van der Waals surface area contributed by atoms with Gasteiger partial charge in [0, 0.05) is 25.7 Å². The molecule has 0 radical (unpaired) electrons. The van der Waals surface area contributed by atoms with Gasteiger partial charge >= 0.3 is 17.9 Å². The number of azide groups is 1. The average molecular weight is 301 g/mol. The van der Waals surface area contributed by atoms with Crippen molar-refractivity contribution >= 4 is 17.9 Å². The number of ether oxygens (including phenoxy) is 4. The summed E-state index contributed by atoms with van der Waals surface area (Å²) in [5.74, 6) is -1.97. The molecule has 0 amide bonds. The van der Waals surface area contributed by atoms with E-state index in [1.54, 1.807) is 0 Å². The zero-order chi connectivity index (χ0) is 16.0. The fraction of sp³-hybridized carbons (Fsp3) is 0.727. The SMILES string of the molecule is CC(=O)OC1O[C@@H](CN=[N+]=[N-])[C@H](OC(C)=O)[C@H]1OC(C)=O. The number of rotatable bonds is 5. The Morgan fingerprint density at radius 3 is 2.05 bits per heavy atom. The van der Waals surface area contributed by atoms with Crippen LogP contribution >= 0.6 is 0 Å². The van der Waals surface area contributed by atoms with Crippen LogP contribution in [0.4, 0.5) is 0 Å². The smallest absolute Gasteiger partial charge is 0.305 e. The molecule has 116 valence electrons. The van der Waals surface area contributed by atoms with Crippen molar-refractivity contribution in [3.8, 4) is 0 Å². The Morgan fingerprint density at radius 2 is 1.57 bits per heavy atom. The largest absolute Gasteiger partial charge is 0.456 e. The maximum Gasteiger partial charge on any atom is 0.305 e. The van der Waals surface area contributed by atoms with Gasteiger partial charge in [0.05, 0.1) is 6.54 Å². The second-order valence-corrected chi connectivity index (χ2v) is 4.21. The van der Waals surface area contributed by atoms with Crippen LogP contribution in [0.5, 0.6) is 0 Å². The average Bonchev–Trinajstić information content (AvgIpc) is 2.63. The fourth-order valence-electron chi connectivity index (χ4n) is 1.86. The van der Waals surface area contributed by atoms with Gasteiger partial charge in [0.1, 0.15) is 6.10 Å². The van der Waals surface area contributed by atoms with Crippen LogP contribution in [0.15, 0.2) is 5.11 Å². The standard InChI is InChI=1S/C11H15N3O7/c1-5(15)18-9-8(4-13-14-12)21-11(20-7(3)17)10(9)19-6(2)16/h8-11H,4H2,1-3H3/t8-,9-,10+,11?/m0/s1. The number of hydrogen-bond acceptors (Lipinski definition) is 8. The molecule has 10 nitrogen and oxygen atoms in total. The molecule has 0 N–H and O–H groups in total. The minimum absolute atomic E-state index is 0.177. The van der Waals surface area contributed by atoms with Crippen LogP contribution in [0.1, 0.15) is 20.8 Å². The Bertz CT molecular complexity index is 446. The summed E-state index contributed by atoms with van der Waals surface area (Å²) in [4.78, 5) is 35.9. The van der Waals surface area contributed by atoms with Crippen molar-refractivity contribution in [3.63, 3.8) is 0 Å². The van der Waals surface area contributed by atoms with Gasteiger partial charge in [-0.1, -0.05) is 5.11 Å². The van der Waals surface area contributed by atoms with E-state index in [1.807, 2.05) is 0 Å². The number of nitrogens with zero attached hydrogens (tertiary/aromatic N) is 3. The first kappa shape index (κ1) is 16.7. The van der Waals surface area contributed by atoms with E-state index in [2.05, 4.69) is 10.0 Å². The van der Waals surface area contributed by atoms with E-state index in [9.17, 15) is 14.4 Å². The Hall–Kier alpha value is -2.32. The van der Waals surface area contributed by atoms with Gasteiger partial charge in [-0.3, -0.25) is 14.4 Å². The first-order chi connectivity index (χ1) is 9.85. The molecule has 0 aromatic carbocycles. The zero-order valence-electron chi connectivity index (χ0n) is 11.7. The fourth-order valence-corrected chi connectivity index (χ4v) is 1.86. The van der Waals surface area contributed by atoms with E-state index in [0.717, 1.165) is 20.8 Å². The molecule has 0 aromatic rings. The van der Waals surface area contributed by atoms with Crippen molar-refractivity contribution in [3.05, 3.63) is 10.4 Å². The van der Waals surface area contributed by atoms with Gasteiger partial charge < -0.3 is 18.9 Å². The van der Waals surface area contributed by atoms with E-state index >= 15 is 0 Å².